The van der Waals surface area contributed by atoms with Gasteiger partial charge in [0, 0.05) is 18.3 Å². The van der Waals surface area contributed by atoms with Crippen molar-refractivity contribution in [2.75, 3.05) is 33.2 Å². The summed E-state index contributed by atoms with van der Waals surface area (Å²) in [6.07, 6.45) is 0. The van der Waals surface area contributed by atoms with E-state index in [1.807, 2.05) is 0 Å². The fraction of sp³-hybridized carbons (Fsp3) is 0.222. The van der Waals surface area contributed by atoms with Crippen molar-refractivity contribution in [2.24, 2.45) is 0 Å². The summed E-state index contributed by atoms with van der Waals surface area (Å²) in [6.45, 7) is -0.235. The number of carbonyl (C=O) groups excluding carboxylic acids is 2. The standard InChI is InChI=1S/C18H20N2O5/c1-19-18(22)12-6-4-7-13(10-12)20-16(21)11-25-17-14(23-2)8-5-9-15(17)24-3/h4-10H,11H2,1-3H3,(H,19,22)(H,20,21). The summed E-state index contributed by atoms with van der Waals surface area (Å²) in [5.74, 6) is 0.678. The number of ether oxygens (including phenoxy) is 3. The van der Waals surface area contributed by atoms with Gasteiger partial charge in [0.05, 0.1) is 14.2 Å². The van der Waals surface area contributed by atoms with Crippen LogP contribution in [0.15, 0.2) is 42.5 Å². The zero-order valence-corrected chi connectivity index (χ0v) is 14.3. The summed E-state index contributed by atoms with van der Waals surface area (Å²) in [4.78, 5) is 23.7. The van der Waals surface area contributed by atoms with Gasteiger partial charge in [0.25, 0.3) is 11.8 Å². The Hall–Kier alpha value is -3.22. The van der Waals surface area contributed by atoms with Crippen LogP contribution in [0.4, 0.5) is 5.69 Å². The Morgan fingerprint density at radius 1 is 1.00 bits per heavy atom. The van der Waals surface area contributed by atoms with Crippen LogP contribution in [0.3, 0.4) is 0 Å². The number of para-hydroxylation sites is 1. The molecular formula is C18H20N2O5. The van der Waals surface area contributed by atoms with Crippen LogP contribution in [-0.4, -0.2) is 39.7 Å². The molecule has 0 aromatic heterocycles. The van der Waals surface area contributed by atoms with Crippen molar-refractivity contribution in [3.63, 3.8) is 0 Å². The molecule has 132 valence electrons. The largest absolute Gasteiger partial charge is 0.493 e. The molecule has 0 fully saturated rings. The maximum Gasteiger partial charge on any atom is 0.262 e. The third-order valence-electron chi connectivity index (χ3n) is 3.37. The van der Waals surface area contributed by atoms with E-state index in [1.165, 1.54) is 14.2 Å². The first-order chi connectivity index (χ1) is 12.1. The third-order valence-corrected chi connectivity index (χ3v) is 3.37. The van der Waals surface area contributed by atoms with Crippen LogP contribution in [0.25, 0.3) is 0 Å². The summed E-state index contributed by atoms with van der Waals surface area (Å²) in [5.41, 5.74) is 0.953. The van der Waals surface area contributed by atoms with E-state index in [-0.39, 0.29) is 18.4 Å². The SMILES string of the molecule is CNC(=O)c1cccc(NC(=O)COc2c(OC)cccc2OC)c1. The Kier molecular flexibility index (Phi) is 6.22. The minimum absolute atomic E-state index is 0.230. The predicted molar refractivity (Wildman–Crippen MR) is 93.5 cm³/mol. The second-order valence-corrected chi connectivity index (χ2v) is 4.99. The Bertz CT molecular complexity index is 739. The predicted octanol–water partition coefficient (Wildman–Crippen LogP) is 2.08. The van der Waals surface area contributed by atoms with Gasteiger partial charge in [-0.1, -0.05) is 12.1 Å². The number of methoxy groups -OCH3 is 2. The van der Waals surface area contributed by atoms with Gasteiger partial charge in [-0.3, -0.25) is 9.59 Å². The van der Waals surface area contributed by atoms with Gasteiger partial charge in [0.1, 0.15) is 0 Å². The first-order valence-corrected chi connectivity index (χ1v) is 7.54. The first-order valence-electron chi connectivity index (χ1n) is 7.54. The van der Waals surface area contributed by atoms with Gasteiger partial charge in [-0.25, -0.2) is 0 Å². The van der Waals surface area contributed by atoms with E-state index in [2.05, 4.69) is 10.6 Å². The quantitative estimate of drug-likeness (QED) is 0.803. The lowest BCUT2D eigenvalue weighted by Crippen LogP contribution is -2.21. The Balaban J connectivity index is 2.03. The molecule has 2 aromatic carbocycles. The van der Waals surface area contributed by atoms with E-state index in [0.717, 1.165) is 0 Å². The zero-order chi connectivity index (χ0) is 18.2. The zero-order valence-electron chi connectivity index (χ0n) is 14.3. The topological polar surface area (TPSA) is 85.9 Å². The molecule has 0 aliphatic heterocycles. The van der Waals surface area contributed by atoms with Gasteiger partial charge in [-0.2, -0.15) is 0 Å². The van der Waals surface area contributed by atoms with E-state index in [9.17, 15) is 9.59 Å². The summed E-state index contributed by atoms with van der Waals surface area (Å²) in [6, 6.07) is 11.8. The molecule has 7 heteroatoms. The lowest BCUT2D eigenvalue weighted by Gasteiger charge is -2.14. The molecule has 7 nitrogen and oxygen atoms in total. The molecular weight excluding hydrogens is 324 g/mol. The molecule has 0 aliphatic rings. The Labute approximate surface area is 145 Å². The molecule has 0 atom stereocenters. The van der Waals surface area contributed by atoms with Crippen LogP contribution < -0.4 is 24.8 Å². The second kappa shape index (κ2) is 8.58. The van der Waals surface area contributed by atoms with Crippen molar-refractivity contribution in [3.05, 3.63) is 48.0 Å². The highest BCUT2D eigenvalue weighted by atomic mass is 16.5. The molecule has 0 saturated heterocycles. The van der Waals surface area contributed by atoms with Crippen LogP contribution in [-0.2, 0) is 4.79 Å². The number of nitrogens with one attached hydrogen (secondary N) is 2. The molecule has 0 bridgehead atoms. The van der Waals surface area contributed by atoms with Gasteiger partial charge in [0.2, 0.25) is 5.75 Å². The van der Waals surface area contributed by atoms with Crippen molar-refractivity contribution < 1.29 is 23.8 Å². The van der Waals surface area contributed by atoms with Crippen molar-refractivity contribution in [1.29, 1.82) is 0 Å². The summed E-state index contributed by atoms with van der Waals surface area (Å²) >= 11 is 0. The third kappa shape index (κ3) is 4.63. The highest BCUT2D eigenvalue weighted by Crippen LogP contribution is 2.36. The lowest BCUT2D eigenvalue weighted by molar-refractivity contribution is -0.118. The maximum atomic E-state index is 12.1. The molecule has 0 saturated carbocycles. The Morgan fingerprint density at radius 3 is 2.24 bits per heavy atom. The molecule has 25 heavy (non-hydrogen) atoms. The molecule has 0 aliphatic carbocycles. The number of amides is 2. The first kappa shape index (κ1) is 18.1. The molecule has 2 rings (SSSR count). The minimum atomic E-state index is -0.373. The van der Waals surface area contributed by atoms with E-state index < -0.39 is 0 Å². The van der Waals surface area contributed by atoms with E-state index >= 15 is 0 Å². The van der Waals surface area contributed by atoms with Crippen LogP contribution in [0.2, 0.25) is 0 Å². The van der Waals surface area contributed by atoms with Crippen molar-refractivity contribution in [1.82, 2.24) is 5.32 Å². The van der Waals surface area contributed by atoms with Gasteiger partial charge in [-0.15, -0.1) is 0 Å². The number of rotatable bonds is 7. The molecule has 0 heterocycles. The Morgan fingerprint density at radius 2 is 1.64 bits per heavy atom. The van der Waals surface area contributed by atoms with Crippen molar-refractivity contribution in [3.8, 4) is 17.2 Å². The number of hydrogen-bond acceptors (Lipinski definition) is 5. The summed E-state index contributed by atoms with van der Waals surface area (Å²) in [7, 11) is 4.56. The van der Waals surface area contributed by atoms with Gasteiger partial charge in [0.15, 0.2) is 18.1 Å². The summed E-state index contributed by atoms with van der Waals surface area (Å²) < 4.78 is 16.0. The summed E-state index contributed by atoms with van der Waals surface area (Å²) in [5, 5.41) is 5.21. The maximum absolute atomic E-state index is 12.1. The number of carbonyl (C=O) groups is 2. The smallest absolute Gasteiger partial charge is 0.262 e. The normalized spacial score (nSPS) is 9.88. The highest BCUT2D eigenvalue weighted by Gasteiger charge is 2.13. The fourth-order valence-corrected chi connectivity index (χ4v) is 2.18. The van der Waals surface area contributed by atoms with Gasteiger partial charge in [-0.05, 0) is 30.3 Å². The average Bonchev–Trinajstić information content (AvgIpc) is 2.65. The van der Waals surface area contributed by atoms with Crippen molar-refractivity contribution >= 4 is 17.5 Å². The van der Waals surface area contributed by atoms with Crippen LogP contribution in [0.5, 0.6) is 17.2 Å². The van der Waals surface area contributed by atoms with Crippen LogP contribution >= 0.6 is 0 Å². The van der Waals surface area contributed by atoms with Gasteiger partial charge >= 0.3 is 0 Å². The molecule has 0 radical (unpaired) electrons. The number of hydrogen-bond donors (Lipinski definition) is 2. The molecule has 2 N–H and O–H groups in total. The number of benzene rings is 2. The fourth-order valence-electron chi connectivity index (χ4n) is 2.18. The average molecular weight is 344 g/mol. The van der Waals surface area contributed by atoms with E-state index in [1.54, 1.807) is 49.5 Å². The van der Waals surface area contributed by atoms with E-state index in [4.69, 9.17) is 14.2 Å². The van der Waals surface area contributed by atoms with Crippen LogP contribution in [0.1, 0.15) is 10.4 Å². The monoisotopic (exact) mass is 344 g/mol. The minimum Gasteiger partial charge on any atom is -0.493 e. The number of anilines is 1. The second-order valence-electron chi connectivity index (χ2n) is 4.99. The van der Waals surface area contributed by atoms with Crippen LogP contribution in [0, 0.1) is 0 Å². The molecule has 2 amide bonds. The molecule has 2 aromatic rings. The van der Waals surface area contributed by atoms with Gasteiger partial charge < -0.3 is 24.8 Å². The highest BCUT2D eigenvalue weighted by molar-refractivity contribution is 5.97. The van der Waals surface area contributed by atoms with E-state index in [0.29, 0.717) is 28.5 Å². The molecule has 0 unspecified atom stereocenters. The molecule has 0 spiro atoms. The lowest BCUT2D eigenvalue weighted by atomic mass is 10.2. The van der Waals surface area contributed by atoms with Crippen molar-refractivity contribution in [2.45, 2.75) is 0 Å².